The normalized spacial score (nSPS) is 17.4. The Morgan fingerprint density at radius 2 is 2.44 bits per heavy atom. The molecule has 1 aliphatic heterocycles. The van der Waals surface area contributed by atoms with Crippen LogP contribution >= 0.6 is 0 Å². The minimum Gasteiger partial charge on any atom is -0.264 e. The number of allylic oxidation sites excluding steroid dienone is 1. The molecule has 0 atom stereocenters. The topological polar surface area (TPSA) is 36.8 Å². The van der Waals surface area contributed by atoms with Gasteiger partial charge in [0, 0.05) is 5.70 Å². The van der Waals surface area contributed by atoms with Crippen molar-refractivity contribution in [1.29, 1.82) is 0 Å². The summed E-state index contributed by atoms with van der Waals surface area (Å²) in [6, 6.07) is 0. The maximum Gasteiger partial charge on any atom is 0.0821 e. The van der Waals surface area contributed by atoms with Crippen LogP contribution in [0.1, 0.15) is 13.8 Å². The van der Waals surface area contributed by atoms with Gasteiger partial charge in [0.25, 0.3) is 0 Å². The average Bonchev–Trinajstić information content (AvgIpc) is 1.90. The van der Waals surface area contributed by atoms with E-state index in [9.17, 15) is 0 Å². The number of hydrogen-bond acceptors (Lipinski definition) is 3. The molecule has 0 spiro atoms. The molecule has 1 aliphatic rings. The van der Waals surface area contributed by atoms with Crippen LogP contribution in [-0.2, 0) is 0 Å². The van der Waals surface area contributed by atoms with Crippen LogP contribution in [0.2, 0.25) is 0 Å². The summed E-state index contributed by atoms with van der Waals surface area (Å²) in [4.78, 5) is 0. The van der Waals surface area contributed by atoms with Gasteiger partial charge >= 0.3 is 0 Å². The van der Waals surface area contributed by atoms with Crippen LogP contribution in [0.5, 0.6) is 0 Å². The van der Waals surface area contributed by atoms with Gasteiger partial charge in [-0.25, -0.2) is 0 Å². The van der Waals surface area contributed by atoms with Crippen molar-refractivity contribution in [2.45, 2.75) is 13.8 Å². The van der Waals surface area contributed by atoms with Gasteiger partial charge in [-0.05, 0) is 12.0 Å². The standard InChI is InChI=1S/C6H11N3/c1-5(2)6-3-4-7-9-8-6/h3,5H,4H2,1-2H3,(H,7,8). The maximum absolute atomic E-state index is 3.75. The zero-order valence-corrected chi connectivity index (χ0v) is 5.76. The predicted octanol–water partition coefficient (Wildman–Crippen LogP) is 1.50. The number of rotatable bonds is 1. The van der Waals surface area contributed by atoms with Crippen LogP contribution < -0.4 is 5.43 Å². The Kier molecular flexibility index (Phi) is 1.82. The zero-order chi connectivity index (χ0) is 6.69. The van der Waals surface area contributed by atoms with E-state index in [1.54, 1.807) is 0 Å². The summed E-state index contributed by atoms with van der Waals surface area (Å²) in [5.41, 5.74) is 4.01. The molecule has 50 valence electrons. The van der Waals surface area contributed by atoms with Gasteiger partial charge in [-0.3, -0.25) is 5.43 Å². The van der Waals surface area contributed by atoms with E-state index in [0.29, 0.717) is 5.92 Å². The van der Waals surface area contributed by atoms with E-state index < -0.39 is 0 Å². The van der Waals surface area contributed by atoms with E-state index in [2.05, 4.69) is 35.7 Å². The SMILES string of the molecule is CC(C)C1=CCN=NN1. The highest BCUT2D eigenvalue weighted by atomic mass is 15.4. The van der Waals surface area contributed by atoms with Crippen molar-refractivity contribution in [1.82, 2.24) is 5.43 Å². The third kappa shape index (κ3) is 1.52. The zero-order valence-electron chi connectivity index (χ0n) is 5.76. The number of nitrogens with one attached hydrogen (secondary N) is 1. The Labute approximate surface area is 54.8 Å². The fourth-order valence-corrected chi connectivity index (χ4v) is 0.684. The van der Waals surface area contributed by atoms with Crippen LogP contribution in [-0.4, -0.2) is 6.54 Å². The van der Waals surface area contributed by atoms with Crippen molar-refractivity contribution >= 4 is 0 Å². The molecule has 0 aromatic carbocycles. The molecule has 0 bridgehead atoms. The van der Waals surface area contributed by atoms with Crippen molar-refractivity contribution in [3.05, 3.63) is 11.8 Å². The quantitative estimate of drug-likeness (QED) is 0.566. The Hall–Kier alpha value is -0.860. The molecule has 0 aliphatic carbocycles. The fraction of sp³-hybridized carbons (Fsp3) is 0.667. The summed E-state index contributed by atoms with van der Waals surface area (Å²) in [7, 11) is 0. The van der Waals surface area contributed by atoms with E-state index in [4.69, 9.17) is 0 Å². The predicted molar refractivity (Wildman–Crippen MR) is 35.8 cm³/mol. The van der Waals surface area contributed by atoms with Gasteiger partial charge < -0.3 is 0 Å². The molecule has 0 fully saturated rings. The second kappa shape index (κ2) is 2.62. The van der Waals surface area contributed by atoms with E-state index in [0.717, 1.165) is 6.54 Å². The Morgan fingerprint density at radius 1 is 1.67 bits per heavy atom. The lowest BCUT2D eigenvalue weighted by Crippen LogP contribution is -2.13. The number of hydrogen-bond donors (Lipinski definition) is 1. The molecule has 0 unspecified atom stereocenters. The fourth-order valence-electron chi connectivity index (χ4n) is 0.684. The minimum atomic E-state index is 0.532. The summed E-state index contributed by atoms with van der Waals surface area (Å²) in [5.74, 6) is 0.532. The van der Waals surface area contributed by atoms with Crippen LogP contribution in [0.25, 0.3) is 0 Å². The molecule has 0 aromatic rings. The van der Waals surface area contributed by atoms with Gasteiger partial charge in [0.1, 0.15) is 0 Å². The van der Waals surface area contributed by atoms with Crippen molar-refractivity contribution in [2.24, 2.45) is 16.3 Å². The molecule has 0 saturated heterocycles. The molecule has 0 amide bonds. The Morgan fingerprint density at radius 3 is 2.78 bits per heavy atom. The second-order valence-corrected chi connectivity index (χ2v) is 2.35. The molecule has 1 rings (SSSR count). The van der Waals surface area contributed by atoms with Gasteiger partial charge in [-0.2, -0.15) is 5.11 Å². The monoisotopic (exact) mass is 125 g/mol. The van der Waals surface area contributed by atoms with Gasteiger partial charge in [-0.1, -0.05) is 19.1 Å². The van der Waals surface area contributed by atoms with E-state index in [1.165, 1.54) is 5.70 Å². The lowest BCUT2D eigenvalue weighted by Gasteiger charge is -2.11. The molecule has 3 nitrogen and oxygen atoms in total. The van der Waals surface area contributed by atoms with Crippen LogP contribution in [0.4, 0.5) is 0 Å². The smallest absolute Gasteiger partial charge is 0.0821 e. The lowest BCUT2D eigenvalue weighted by molar-refractivity contribution is 0.623. The molecular weight excluding hydrogens is 114 g/mol. The molecular formula is C6H11N3. The largest absolute Gasteiger partial charge is 0.264 e. The van der Waals surface area contributed by atoms with E-state index >= 15 is 0 Å². The first kappa shape index (κ1) is 6.26. The lowest BCUT2D eigenvalue weighted by atomic mass is 10.1. The van der Waals surface area contributed by atoms with Crippen molar-refractivity contribution in [2.75, 3.05) is 6.54 Å². The first-order valence-corrected chi connectivity index (χ1v) is 3.13. The maximum atomic E-state index is 3.75. The van der Waals surface area contributed by atoms with Gasteiger partial charge in [0.2, 0.25) is 0 Å². The summed E-state index contributed by atoms with van der Waals surface area (Å²) in [6.07, 6.45) is 2.05. The molecule has 0 aromatic heterocycles. The van der Waals surface area contributed by atoms with Gasteiger partial charge in [-0.15, -0.1) is 0 Å². The minimum absolute atomic E-state index is 0.532. The molecule has 9 heavy (non-hydrogen) atoms. The van der Waals surface area contributed by atoms with Crippen molar-refractivity contribution < 1.29 is 0 Å². The number of nitrogens with zero attached hydrogens (tertiary/aromatic N) is 2. The highest BCUT2D eigenvalue weighted by Gasteiger charge is 2.02. The van der Waals surface area contributed by atoms with Crippen molar-refractivity contribution in [3.8, 4) is 0 Å². The first-order valence-electron chi connectivity index (χ1n) is 3.13. The third-order valence-electron chi connectivity index (χ3n) is 1.26. The second-order valence-electron chi connectivity index (χ2n) is 2.35. The van der Waals surface area contributed by atoms with E-state index in [-0.39, 0.29) is 0 Å². The molecule has 3 heteroatoms. The van der Waals surface area contributed by atoms with Gasteiger partial charge in [0.15, 0.2) is 0 Å². The molecule has 1 N–H and O–H groups in total. The summed E-state index contributed by atoms with van der Waals surface area (Å²) in [6.45, 7) is 4.97. The summed E-state index contributed by atoms with van der Waals surface area (Å²) >= 11 is 0. The summed E-state index contributed by atoms with van der Waals surface area (Å²) in [5, 5.41) is 7.43. The Bertz CT molecular complexity index is 146. The van der Waals surface area contributed by atoms with Crippen LogP contribution in [0.15, 0.2) is 22.1 Å². The first-order chi connectivity index (χ1) is 4.30. The average molecular weight is 125 g/mol. The van der Waals surface area contributed by atoms with Crippen LogP contribution in [0, 0.1) is 5.92 Å². The van der Waals surface area contributed by atoms with Gasteiger partial charge in [0.05, 0.1) is 6.54 Å². The Balaban J connectivity index is 2.50. The molecule has 0 radical (unpaired) electrons. The summed E-state index contributed by atoms with van der Waals surface area (Å²) < 4.78 is 0. The van der Waals surface area contributed by atoms with Crippen LogP contribution in [0.3, 0.4) is 0 Å². The molecule has 0 saturated carbocycles. The third-order valence-corrected chi connectivity index (χ3v) is 1.26. The molecule has 1 heterocycles. The van der Waals surface area contributed by atoms with E-state index in [1.807, 2.05) is 0 Å². The highest BCUT2D eigenvalue weighted by molar-refractivity contribution is 5.03. The highest BCUT2D eigenvalue weighted by Crippen LogP contribution is 2.07. The van der Waals surface area contributed by atoms with Crippen molar-refractivity contribution in [3.63, 3.8) is 0 Å².